The van der Waals surface area contributed by atoms with E-state index in [2.05, 4.69) is 20.7 Å². The molecule has 23 nitrogen and oxygen atoms in total. The summed E-state index contributed by atoms with van der Waals surface area (Å²) in [5, 5.41) is 54.9. The standard InChI is InChI=1S/C49H40N2O21S6/c52-43-26-46(74-72-70-56)41(22-31-7-1-29(19-45(31)73-71-69-55)17-27-3-11-36(12-4-27)76(59,60)61)40-25-35(10-16-39(40)43)51-49(54)50-34-9-15-38-33(21-34)24-44(68-75(57)58)42(48(38)53)23-32-8-2-30(20-47(32)78(65,66)67)18-28-5-13-37(14-6-28)77(62,63)64/h1-16,19-21,24-26,52-53,55-56H,17-18,22-23H2,(H,57,58)(H2,50,51,54)(H,59,60,61)(H,62,63,64)(H,65,66,67). The minimum absolute atomic E-state index is 0.0519. The maximum absolute atomic E-state index is 13.6. The molecule has 0 radical (unpaired) electrons. The molecule has 8 rings (SSSR count). The lowest BCUT2D eigenvalue weighted by Gasteiger charge is -2.17. The van der Waals surface area contributed by atoms with Crippen molar-refractivity contribution in [1.29, 1.82) is 0 Å². The van der Waals surface area contributed by atoms with Gasteiger partial charge in [-0.2, -0.15) is 29.5 Å². The second kappa shape index (κ2) is 24.1. The molecule has 8 aromatic rings. The van der Waals surface area contributed by atoms with E-state index in [4.69, 9.17) is 23.4 Å². The van der Waals surface area contributed by atoms with Crippen LogP contribution >= 0.6 is 24.1 Å². The van der Waals surface area contributed by atoms with E-state index in [-0.39, 0.29) is 72.3 Å². The molecule has 408 valence electrons. The molecule has 1 unspecified atom stereocenters. The molecule has 29 heteroatoms. The molecule has 0 aliphatic heterocycles. The molecule has 0 aromatic heterocycles. The largest absolute Gasteiger partial charge is 0.507 e. The number of anilines is 2. The van der Waals surface area contributed by atoms with E-state index in [1.54, 1.807) is 24.3 Å². The summed E-state index contributed by atoms with van der Waals surface area (Å²) in [6, 6.07) is 30.7. The van der Waals surface area contributed by atoms with Crippen molar-refractivity contribution in [2.24, 2.45) is 0 Å². The Labute approximate surface area is 454 Å². The number of hydrogen-bond acceptors (Lipinski definition) is 19. The Morgan fingerprint density at radius 3 is 1.59 bits per heavy atom. The summed E-state index contributed by atoms with van der Waals surface area (Å²) in [5.41, 5.74) is 3.50. The average molecular weight is 1190 g/mol. The summed E-state index contributed by atoms with van der Waals surface area (Å²) < 4.78 is 137. The van der Waals surface area contributed by atoms with Gasteiger partial charge in [-0.15, -0.1) is 8.67 Å². The predicted molar refractivity (Wildman–Crippen MR) is 283 cm³/mol. The van der Waals surface area contributed by atoms with Crippen LogP contribution in [0.5, 0.6) is 17.2 Å². The lowest BCUT2D eigenvalue weighted by atomic mass is 9.95. The molecule has 10 N–H and O–H groups in total. The number of amides is 2. The number of benzene rings is 8. The Kier molecular flexibility index (Phi) is 17.7. The van der Waals surface area contributed by atoms with Gasteiger partial charge in [0.15, 0.2) is 5.75 Å². The van der Waals surface area contributed by atoms with Gasteiger partial charge in [0.25, 0.3) is 30.4 Å². The summed E-state index contributed by atoms with van der Waals surface area (Å²) in [6.45, 7) is 0. The van der Waals surface area contributed by atoms with Gasteiger partial charge in [0, 0.05) is 50.3 Å². The van der Waals surface area contributed by atoms with Crippen LogP contribution in [0, 0.1) is 0 Å². The number of fused-ring (bicyclic) bond motifs is 2. The van der Waals surface area contributed by atoms with Gasteiger partial charge in [-0.25, -0.2) is 15.3 Å². The Balaban J connectivity index is 1.05. The second-order valence-electron chi connectivity index (χ2n) is 16.9. The normalized spacial score (nSPS) is 12.4. The molecule has 0 aliphatic rings. The summed E-state index contributed by atoms with van der Waals surface area (Å²) in [7, 11) is -13.8. The molecule has 0 fully saturated rings. The quantitative estimate of drug-likeness (QED) is 0.0105. The highest BCUT2D eigenvalue weighted by Crippen LogP contribution is 2.42. The van der Waals surface area contributed by atoms with E-state index in [1.165, 1.54) is 97.1 Å². The van der Waals surface area contributed by atoms with E-state index in [9.17, 15) is 62.7 Å². The van der Waals surface area contributed by atoms with Gasteiger partial charge in [0.1, 0.15) is 11.5 Å². The van der Waals surface area contributed by atoms with E-state index < -0.39 is 64.8 Å². The smallest absolute Gasteiger partial charge is 0.357 e. The number of carbonyl (C=O) groups excluding carboxylic acids is 1. The van der Waals surface area contributed by atoms with Gasteiger partial charge < -0.3 is 25.0 Å². The third-order valence-electron chi connectivity index (χ3n) is 11.9. The number of nitrogens with one attached hydrogen (secondary N) is 2. The summed E-state index contributed by atoms with van der Waals surface area (Å²) in [6.07, 6.45) is -0.0259. The van der Waals surface area contributed by atoms with Gasteiger partial charge in [0.2, 0.25) is 0 Å². The first kappa shape index (κ1) is 57.4. The molecule has 0 bridgehead atoms. The maximum Gasteiger partial charge on any atom is 0.357 e. The van der Waals surface area contributed by atoms with E-state index >= 15 is 0 Å². The van der Waals surface area contributed by atoms with Crippen molar-refractivity contribution in [1.82, 2.24) is 0 Å². The minimum Gasteiger partial charge on any atom is -0.507 e. The van der Waals surface area contributed by atoms with Crippen LogP contribution in [-0.2, 0) is 86.1 Å². The van der Waals surface area contributed by atoms with Gasteiger partial charge in [0.05, 0.1) is 38.8 Å². The first-order chi connectivity index (χ1) is 37.0. The molecule has 0 aliphatic carbocycles. The van der Waals surface area contributed by atoms with Crippen LogP contribution in [0.3, 0.4) is 0 Å². The predicted octanol–water partition coefficient (Wildman–Crippen LogP) is 9.52. The molecule has 0 saturated heterocycles. The fourth-order valence-corrected chi connectivity index (χ4v) is 11.5. The average Bonchev–Trinajstić information content (AvgIpc) is 3.42. The van der Waals surface area contributed by atoms with Crippen LogP contribution < -0.4 is 14.8 Å². The van der Waals surface area contributed by atoms with Crippen LogP contribution in [0.15, 0.2) is 158 Å². The first-order valence-corrected chi connectivity index (χ1v) is 28.9. The summed E-state index contributed by atoms with van der Waals surface area (Å²) >= 11 is -1.76. The SMILES string of the molecule is O=C(Nc1ccc2c(O)c(Cc3ccc(Cc4ccc(S(=O)(=O)O)cc4)cc3S(=O)(=O)O)c(OS(=O)O)cc2c1)Nc1ccc2c(O)cc(SOOO)c(Cc3ccc(Cc4ccc(S(=O)(=O)O)cc4)cc3SOOO)c2c1. The van der Waals surface area contributed by atoms with Gasteiger partial charge >= 0.3 is 17.4 Å². The number of urea groups is 1. The molecule has 8 aromatic carbocycles. The van der Waals surface area contributed by atoms with Gasteiger partial charge in [-0.05, 0) is 147 Å². The maximum atomic E-state index is 13.6. The Morgan fingerprint density at radius 2 is 1.04 bits per heavy atom. The van der Waals surface area contributed by atoms with E-state index in [0.29, 0.717) is 79.6 Å². The number of phenols is 2. The number of carbonyl (C=O) groups is 1. The van der Waals surface area contributed by atoms with Crippen LogP contribution in [0.2, 0.25) is 0 Å². The van der Waals surface area contributed by atoms with Crippen molar-refractivity contribution in [3.8, 4) is 17.2 Å². The number of hydrogen-bond donors (Lipinski definition) is 10. The third kappa shape index (κ3) is 14.1. The highest BCUT2D eigenvalue weighted by molar-refractivity contribution is 7.95. The summed E-state index contributed by atoms with van der Waals surface area (Å²) in [4.78, 5) is 13.1. The third-order valence-corrected chi connectivity index (χ3v) is 16.2. The summed E-state index contributed by atoms with van der Waals surface area (Å²) in [5.74, 6) is -1.08. The number of aromatic hydroxyl groups is 2. The molecular formula is C49H40N2O21S6. The van der Waals surface area contributed by atoms with Crippen LogP contribution in [-0.4, -0.2) is 74.4 Å². The zero-order valence-corrected chi connectivity index (χ0v) is 44.3. The van der Waals surface area contributed by atoms with Crippen molar-refractivity contribution < 1.29 is 96.1 Å². The Bertz CT molecular complexity index is 3980. The fourth-order valence-electron chi connectivity index (χ4n) is 8.41. The Morgan fingerprint density at radius 1 is 0.526 bits per heavy atom. The van der Waals surface area contributed by atoms with Crippen molar-refractivity contribution >= 4 is 105 Å². The molecule has 1 atom stereocenters. The van der Waals surface area contributed by atoms with Crippen molar-refractivity contribution in [3.63, 3.8) is 0 Å². The monoisotopic (exact) mass is 1180 g/mol. The van der Waals surface area contributed by atoms with Gasteiger partial charge in [-0.1, -0.05) is 58.6 Å². The molecule has 0 saturated carbocycles. The number of rotatable bonds is 21. The second-order valence-corrected chi connectivity index (χ2v) is 23.2. The van der Waals surface area contributed by atoms with E-state index in [1.807, 2.05) is 0 Å². The van der Waals surface area contributed by atoms with Crippen molar-refractivity contribution in [3.05, 3.63) is 178 Å². The lowest BCUT2D eigenvalue weighted by molar-refractivity contribution is -0.432. The van der Waals surface area contributed by atoms with Crippen LogP contribution in [0.1, 0.15) is 44.5 Å². The molecule has 2 amide bonds. The zero-order valence-electron chi connectivity index (χ0n) is 39.4. The van der Waals surface area contributed by atoms with Crippen molar-refractivity contribution in [2.75, 3.05) is 10.6 Å². The Hall–Kier alpha value is -6.75. The van der Waals surface area contributed by atoms with E-state index in [0.717, 1.165) is 12.1 Å². The first-order valence-electron chi connectivity index (χ1n) is 22.0. The molecule has 0 heterocycles. The topological polar surface area (TPSA) is 369 Å². The molecule has 0 spiro atoms. The van der Waals surface area contributed by atoms with Crippen LogP contribution in [0.25, 0.3) is 21.5 Å². The van der Waals surface area contributed by atoms with Crippen molar-refractivity contribution in [2.45, 2.75) is 50.2 Å². The minimum atomic E-state index is -4.93. The van der Waals surface area contributed by atoms with Crippen LogP contribution in [0.4, 0.5) is 16.2 Å². The molecular weight excluding hydrogens is 1140 g/mol. The number of phenolic OH excluding ortho intramolecular Hbond substituents is 2. The fraction of sp³-hybridized carbons (Fsp3) is 0.0816. The highest BCUT2D eigenvalue weighted by atomic mass is 32.2. The lowest BCUT2D eigenvalue weighted by Crippen LogP contribution is -2.19. The highest BCUT2D eigenvalue weighted by Gasteiger charge is 2.24. The molecule has 78 heavy (non-hydrogen) atoms. The zero-order chi connectivity index (χ0) is 56.1. The van der Waals surface area contributed by atoms with Gasteiger partial charge in [-0.3, -0.25) is 18.2 Å².